The molecular formula is C13H11BrFNO. The quantitative estimate of drug-likeness (QED) is 0.772. The van der Waals surface area contributed by atoms with E-state index in [2.05, 4.69) is 15.9 Å². The highest BCUT2D eigenvalue weighted by atomic mass is 79.9. The Hall–Kier alpha value is -1.42. The molecule has 0 aliphatic carbocycles. The van der Waals surface area contributed by atoms with Crippen LogP contribution >= 0.6 is 15.9 Å². The minimum absolute atomic E-state index is 0.321. The molecule has 1 aromatic heterocycles. The van der Waals surface area contributed by atoms with Crippen LogP contribution in [-0.2, 0) is 0 Å². The molecule has 0 unspecified atom stereocenters. The molecule has 0 bridgehead atoms. The minimum Gasteiger partial charge on any atom is -0.314 e. The standard InChI is InChI=1S/C13H11BrFNO/c1-8-6-10(7-17)9(2)16(8)13-11(14)4-3-5-12(13)15/h3-7H,1-2H3. The normalized spacial score (nSPS) is 10.6. The number of hydrogen-bond donors (Lipinski definition) is 0. The van der Waals surface area contributed by atoms with Crippen molar-refractivity contribution in [3.63, 3.8) is 0 Å². The molecule has 0 aliphatic heterocycles. The van der Waals surface area contributed by atoms with Crippen molar-refractivity contribution in [1.29, 1.82) is 0 Å². The molecule has 0 fully saturated rings. The lowest BCUT2D eigenvalue weighted by Gasteiger charge is -2.12. The van der Waals surface area contributed by atoms with Gasteiger partial charge in [0.2, 0.25) is 0 Å². The van der Waals surface area contributed by atoms with E-state index in [0.29, 0.717) is 15.7 Å². The van der Waals surface area contributed by atoms with Crippen molar-refractivity contribution in [3.8, 4) is 5.69 Å². The fourth-order valence-corrected chi connectivity index (χ4v) is 2.47. The zero-order chi connectivity index (χ0) is 12.6. The number of hydrogen-bond acceptors (Lipinski definition) is 1. The Balaban J connectivity index is 2.77. The van der Waals surface area contributed by atoms with E-state index in [4.69, 9.17) is 0 Å². The Morgan fingerprint density at radius 3 is 2.59 bits per heavy atom. The summed E-state index contributed by atoms with van der Waals surface area (Å²) in [4.78, 5) is 10.9. The van der Waals surface area contributed by atoms with Gasteiger partial charge in [0.25, 0.3) is 0 Å². The average molecular weight is 296 g/mol. The fraction of sp³-hybridized carbons (Fsp3) is 0.154. The van der Waals surface area contributed by atoms with Gasteiger partial charge in [-0.2, -0.15) is 0 Å². The molecule has 0 saturated heterocycles. The number of carbonyl (C=O) groups excluding carboxylic acids is 1. The molecule has 0 saturated carbocycles. The largest absolute Gasteiger partial charge is 0.314 e. The van der Waals surface area contributed by atoms with Crippen LogP contribution in [0.25, 0.3) is 5.69 Å². The Bertz CT molecular complexity index is 569. The second-order valence-corrected chi connectivity index (χ2v) is 4.70. The minimum atomic E-state index is -0.321. The number of aromatic nitrogens is 1. The summed E-state index contributed by atoms with van der Waals surface area (Å²) in [7, 11) is 0. The van der Waals surface area contributed by atoms with Gasteiger partial charge < -0.3 is 4.57 Å². The summed E-state index contributed by atoms with van der Waals surface area (Å²) in [5, 5.41) is 0. The molecule has 1 heterocycles. The lowest BCUT2D eigenvalue weighted by atomic mass is 10.2. The molecule has 0 N–H and O–H groups in total. The van der Waals surface area contributed by atoms with Gasteiger partial charge in [0.05, 0.1) is 5.69 Å². The third kappa shape index (κ3) is 1.93. The number of benzene rings is 1. The molecule has 0 spiro atoms. The van der Waals surface area contributed by atoms with Crippen LogP contribution in [0.3, 0.4) is 0 Å². The second-order valence-electron chi connectivity index (χ2n) is 3.85. The first-order valence-corrected chi connectivity index (χ1v) is 5.94. The molecule has 2 nitrogen and oxygen atoms in total. The van der Waals surface area contributed by atoms with Crippen LogP contribution in [0.4, 0.5) is 4.39 Å². The van der Waals surface area contributed by atoms with Crippen molar-refractivity contribution in [2.75, 3.05) is 0 Å². The topological polar surface area (TPSA) is 22.0 Å². The van der Waals surface area contributed by atoms with Crippen molar-refractivity contribution in [1.82, 2.24) is 4.57 Å². The zero-order valence-electron chi connectivity index (χ0n) is 9.50. The third-order valence-electron chi connectivity index (χ3n) is 2.76. The van der Waals surface area contributed by atoms with Gasteiger partial charge in [0.15, 0.2) is 6.29 Å². The first kappa shape index (κ1) is 12.0. The van der Waals surface area contributed by atoms with Crippen LogP contribution in [0.2, 0.25) is 0 Å². The first-order chi connectivity index (χ1) is 8.06. The zero-order valence-corrected chi connectivity index (χ0v) is 11.1. The highest BCUT2D eigenvalue weighted by Gasteiger charge is 2.15. The summed E-state index contributed by atoms with van der Waals surface area (Å²) < 4.78 is 16.3. The van der Waals surface area contributed by atoms with E-state index >= 15 is 0 Å². The molecule has 17 heavy (non-hydrogen) atoms. The molecule has 2 rings (SSSR count). The summed E-state index contributed by atoms with van der Waals surface area (Å²) in [6, 6.07) is 6.57. The average Bonchev–Trinajstić information content (AvgIpc) is 2.56. The van der Waals surface area contributed by atoms with E-state index in [1.165, 1.54) is 6.07 Å². The highest BCUT2D eigenvalue weighted by Crippen LogP contribution is 2.28. The van der Waals surface area contributed by atoms with Gasteiger partial charge in [-0.25, -0.2) is 4.39 Å². The van der Waals surface area contributed by atoms with Gasteiger partial charge in [0, 0.05) is 21.4 Å². The fourth-order valence-electron chi connectivity index (χ4n) is 1.95. The van der Waals surface area contributed by atoms with E-state index in [-0.39, 0.29) is 5.82 Å². The maximum atomic E-state index is 13.9. The van der Waals surface area contributed by atoms with Crippen LogP contribution < -0.4 is 0 Å². The second kappa shape index (κ2) is 4.45. The SMILES string of the molecule is Cc1cc(C=O)c(C)n1-c1c(F)cccc1Br. The lowest BCUT2D eigenvalue weighted by molar-refractivity contribution is 0.112. The monoisotopic (exact) mass is 295 g/mol. The van der Waals surface area contributed by atoms with Gasteiger partial charge in [-0.05, 0) is 48.0 Å². The lowest BCUT2D eigenvalue weighted by Crippen LogP contribution is -2.03. The van der Waals surface area contributed by atoms with E-state index in [9.17, 15) is 9.18 Å². The van der Waals surface area contributed by atoms with Crippen LogP contribution in [0, 0.1) is 19.7 Å². The molecule has 88 valence electrons. The summed E-state index contributed by atoms with van der Waals surface area (Å²) in [5.74, 6) is -0.321. The van der Waals surface area contributed by atoms with Crippen LogP contribution in [0.5, 0.6) is 0 Å². The molecule has 1 aromatic carbocycles. The number of aryl methyl sites for hydroxylation is 1. The van der Waals surface area contributed by atoms with Crippen LogP contribution in [0.15, 0.2) is 28.7 Å². The van der Waals surface area contributed by atoms with Crippen molar-refractivity contribution in [2.24, 2.45) is 0 Å². The predicted molar refractivity (Wildman–Crippen MR) is 68.3 cm³/mol. The Morgan fingerprint density at radius 1 is 1.35 bits per heavy atom. The van der Waals surface area contributed by atoms with Crippen LogP contribution in [0.1, 0.15) is 21.7 Å². The Morgan fingerprint density at radius 2 is 2.06 bits per heavy atom. The van der Waals surface area contributed by atoms with Gasteiger partial charge in [-0.3, -0.25) is 4.79 Å². The molecule has 0 atom stereocenters. The molecule has 4 heteroatoms. The van der Waals surface area contributed by atoms with E-state index in [0.717, 1.165) is 17.7 Å². The van der Waals surface area contributed by atoms with Gasteiger partial charge in [0.1, 0.15) is 5.82 Å². The summed E-state index contributed by atoms with van der Waals surface area (Å²) >= 11 is 3.33. The number of nitrogens with zero attached hydrogens (tertiary/aromatic N) is 1. The van der Waals surface area contributed by atoms with Crippen LogP contribution in [-0.4, -0.2) is 10.9 Å². The van der Waals surface area contributed by atoms with Crippen molar-refractivity contribution >= 4 is 22.2 Å². The molecule has 0 amide bonds. The van der Waals surface area contributed by atoms with Crippen molar-refractivity contribution in [2.45, 2.75) is 13.8 Å². The van der Waals surface area contributed by atoms with E-state index < -0.39 is 0 Å². The first-order valence-electron chi connectivity index (χ1n) is 5.14. The van der Waals surface area contributed by atoms with Crippen molar-refractivity contribution in [3.05, 3.63) is 51.5 Å². The van der Waals surface area contributed by atoms with Crippen molar-refractivity contribution < 1.29 is 9.18 Å². The van der Waals surface area contributed by atoms with Gasteiger partial charge in [-0.15, -0.1) is 0 Å². The number of aldehydes is 1. The number of carbonyl (C=O) groups is 1. The van der Waals surface area contributed by atoms with E-state index in [1.54, 1.807) is 29.7 Å². The Labute approximate surface area is 107 Å². The maximum absolute atomic E-state index is 13.9. The van der Waals surface area contributed by atoms with E-state index in [1.807, 2.05) is 6.92 Å². The molecule has 2 aromatic rings. The number of halogens is 2. The summed E-state index contributed by atoms with van der Waals surface area (Å²) in [5.41, 5.74) is 2.59. The number of rotatable bonds is 2. The predicted octanol–water partition coefficient (Wildman–Crippen LogP) is 3.81. The summed E-state index contributed by atoms with van der Waals surface area (Å²) in [6.07, 6.45) is 0.785. The smallest absolute Gasteiger partial charge is 0.151 e. The molecular weight excluding hydrogens is 285 g/mol. The van der Waals surface area contributed by atoms with Gasteiger partial charge >= 0.3 is 0 Å². The van der Waals surface area contributed by atoms with Gasteiger partial charge in [-0.1, -0.05) is 6.07 Å². The highest BCUT2D eigenvalue weighted by molar-refractivity contribution is 9.10. The molecule has 0 aliphatic rings. The third-order valence-corrected chi connectivity index (χ3v) is 3.40. The maximum Gasteiger partial charge on any atom is 0.151 e. The summed E-state index contributed by atoms with van der Waals surface area (Å²) in [6.45, 7) is 3.65. The number of para-hydroxylation sites is 1. The Kier molecular flexibility index (Phi) is 3.15. The molecule has 0 radical (unpaired) electrons.